The van der Waals surface area contributed by atoms with E-state index in [0.29, 0.717) is 0 Å². The first-order valence-corrected chi connectivity index (χ1v) is 6.62. The molecule has 0 radical (unpaired) electrons. The summed E-state index contributed by atoms with van der Waals surface area (Å²) in [5.41, 5.74) is 4.76. The summed E-state index contributed by atoms with van der Waals surface area (Å²) in [6, 6.07) is 8.34. The number of benzene rings is 1. The van der Waals surface area contributed by atoms with E-state index in [-0.39, 0.29) is 6.61 Å². The van der Waals surface area contributed by atoms with Crippen molar-refractivity contribution in [1.82, 2.24) is 9.78 Å². The molecule has 1 heterocycles. The Bertz CT molecular complexity index is 534. The summed E-state index contributed by atoms with van der Waals surface area (Å²) in [5, 5.41) is 16.5. The number of hydrogen-bond acceptors (Lipinski definition) is 3. The smallest absolute Gasteiger partial charge is 0.0542 e. The molecule has 1 aromatic heterocycles. The van der Waals surface area contributed by atoms with Gasteiger partial charge in [-0.15, -0.1) is 0 Å². The third kappa shape index (κ3) is 3.58. The lowest BCUT2D eigenvalue weighted by molar-refractivity contribution is 0.288. The molecule has 4 nitrogen and oxygen atoms in total. The van der Waals surface area contributed by atoms with Crippen LogP contribution in [0.4, 0.5) is 5.69 Å². The number of nitrogens with one attached hydrogen (secondary N) is 1. The summed E-state index contributed by atoms with van der Waals surface area (Å²) < 4.78 is 1.88. The minimum absolute atomic E-state index is 0.243. The van der Waals surface area contributed by atoms with Crippen molar-refractivity contribution in [2.24, 2.45) is 7.05 Å². The van der Waals surface area contributed by atoms with Crippen molar-refractivity contribution < 1.29 is 5.11 Å². The maximum absolute atomic E-state index is 8.86. The molecular weight excluding hydrogens is 238 g/mol. The van der Waals surface area contributed by atoms with Gasteiger partial charge in [0.05, 0.1) is 6.20 Å². The molecule has 0 atom stereocenters. The van der Waals surface area contributed by atoms with Crippen LogP contribution in [0.2, 0.25) is 0 Å². The Morgan fingerprint density at radius 2 is 2.21 bits per heavy atom. The molecule has 1 aromatic carbocycles. The zero-order chi connectivity index (χ0) is 13.7. The average Bonchev–Trinajstić information content (AvgIpc) is 2.75. The lowest BCUT2D eigenvalue weighted by Gasteiger charge is -2.08. The molecule has 4 heteroatoms. The molecule has 0 aliphatic heterocycles. The van der Waals surface area contributed by atoms with Crippen LogP contribution in [0.1, 0.15) is 23.2 Å². The van der Waals surface area contributed by atoms with Gasteiger partial charge in [0, 0.05) is 37.1 Å². The zero-order valence-electron chi connectivity index (χ0n) is 11.6. The largest absolute Gasteiger partial charge is 0.396 e. The topological polar surface area (TPSA) is 50.1 Å². The van der Waals surface area contributed by atoms with E-state index in [9.17, 15) is 0 Å². The van der Waals surface area contributed by atoms with Gasteiger partial charge in [-0.05, 0) is 37.5 Å². The number of nitrogens with zero attached hydrogens (tertiary/aromatic N) is 2. The van der Waals surface area contributed by atoms with Gasteiger partial charge in [-0.2, -0.15) is 5.10 Å². The number of anilines is 1. The summed E-state index contributed by atoms with van der Waals surface area (Å²) in [5.74, 6) is 0. The van der Waals surface area contributed by atoms with E-state index in [4.69, 9.17) is 5.11 Å². The van der Waals surface area contributed by atoms with Gasteiger partial charge in [0.25, 0.3) is 0 Å². The second-order valence-electron chi connectivity index (χ2n) is 4.76. The minimum atomic E-state index is 0.243. The quantitative estimate of drug-likeness (QED) is 0.836. The second kappa shape index (κ2) is 6.38. The van der Waals surface area contributed by atoms with E-state index in [2.05, 4.69) is 35.5 Å². The van der Waals surface area contributed by atoms with Crippen LogP contribution in [0.3, 0.4) is 0 Å². The molecule has 0 amide bonds. The molecular formula is C15H21N3O. The lowest BCUT2D eigenvalue weighted by Crippen LogP contribution is -2.02. The third-order valence-electron chi connectivity index (χ3n) is 3.37. The highest BCUT2D eigenvalue weighted by Gasteiger charge is 2.03. The van der Waals surface area contributed by atoms with Crippen LogP contribution in [0, 0.1) is 6.92 Å². The number of aliphatic hydroxyl groups excluding tert-OH is 1. The fraction of sp³-hybridized carbons (Fsp3) is 0.400. The summed E-state index contributed by atoms with van der Waals surface area (Å²) in [6.07, 6.45) is 3.63. The Morgan fingerprint density at radius 1 is 1.37 bits per heavy atom. The van der Waals surface area contributed by atoms with Crippen molar-refractivity contribution >= 4 is 5.69 Å². The highest BCUT2D eigenvalue weighted by Crippen LogP contribution is 2.14. The van der Waals surface area contributed by atoms with Crippen molar-refractivity contribution in [3.63, 3.8) is 0 Å². The van der Waals surface area contributed by atoms with Crippen molar-refractivity contribution in [1.29, 1.82) is 0 Å². The first-order chi connectivity index (χ1) is 9.20. The maximum atomic E-state index is 8.86. The van der Waals surface area contributed by atoms with E-state index >= 15 is 0 Å². The summed E-state index contributed by atoms with van der Waals surface area (Å²) in [7, 11) is 1.95. The van der Waals surface area contributed by atoms with Crippen molar-refractivity contribution in [2.75, 3.05) is 11.9 Å². The van der Waals surface area contributed by atoms with E-state index in [0.717, 1.165) is 25.1 Å². The summed E-state index contributed by atoms with van der Waals surface area (Å²) in [4.78, 5) is 0. The summed E-state index contributed by atoms with van der Waals surface area (Å²) in [6.45, 7) is 3.09. The van der Waals surface area contributed by atoms with Crippen LogP contribution < -0.4 is 5.32 Å². The molecule has 0 aliphatic carbocycles. The summed E-state index contributed by atoms with van der Waals surface area (Å²) >= 11 is 0. The Morgan fingerprint density at radius 3 is 2.89 bits per heavy atom. The predicted molar refractivity (Wildman–Crippen MR) is 77.1 cm³/mol. The van der Waals surface area contributed by atoms with Gasteiger partial charge in [-0.3, -0.25) is 4.68 Å². The molecule has 19 heavy (non-hydrogen) atoms. The van der Waals surface area contributed by atoms with E-state index in [1.165, 1.54) is 16.8 Å². The van der Waals surface area contributed by atoms with Crippen molar-refractivity contribution in [3.05, 3.63) is 47.3 Å². The normalized spacial score (nSPS) is 10.7. The fourth-order valence-corrected chi connectivity index (χ4v) is 2.03. The van der Waals surface area contributed by atoms with Crippen molar-refractivity contribution in [2.45, 2.75) is 26.3 Å². The van der Waals surface area contributed by atoms with Crippen LogP contribution in [0.25, 0.3) is 0 Å². The molecule has 0 bridgehead atoms. The van der Waals surface area contributed by atoms with Gasteiger partial charge in [-0.1, -0.05) is 12.1 Å². The average molecular weight is 259 g/mol. The molecule has 102 valence electrons. The SMILES string of the molecule is Cc1c(CNc2cccc(CCCO)c2)cnn1C. The van der Waals surface area contributed by atoms with Gasteiger partial charge in [0.2, 0.25) is 0 Å². The van der Waals surface area contributed by atoms with Crippen LogP contribution in [-0.2, 0) is 20.0 Å². The standard InChI is InChI=1S/C15H21N3O/c1-12-14(11-17-18(12)2)10-16-15-7-3-5-13(9-15)6-4-8-19/h3,5,7,9,11,16,19H,4,6,8,10H2,1-2H3. The number of hydrogen-bond donors (Lipinski definition) is 2. The first kappa shape index (κ1) is 13.6. The highest BCUT2D eigenvalue weighted by atomic mass is 16.2. The maximum Gasteiger partial charge on any atom is 0.0542 e. The van der Waals surface area contributed by atoms with Crippen molar-refractivity contribution in [3.8, 4) is 0 Å². The number of aliphatic hydroxyl groups is 1. The monoisotopic (exact) mass is 259 g/mol. The Hall–Kier alpha value is -1.81. The Balaban J connectivity index is 1.97. The zero-order valence-corrected chi connectivity index (χ0v) is 11.6. The van der Waals surface area contributed by atoms with Gasteiger partial charge >= 0.3 is 0 Å². The first-order valence-electron chi connectivity index (χ1n) is 6.62. The van der Waals surface area contributed by atoms with Crippen LogP contribution in [0.15, 0.2) is 30.5 Å². The van der Waals surface area contributed by atoms with Crippen LogP contribution in [0.5, 0.6) is 0 Å². The molecule has 2 aromatic rings. The molecule has 2 N–H and O–H groups in total. The molecule has 0 saturated heterocycles. The van der Waals surface area contributed by atoms with Gasteiger partial charge in [-0.25, -0.2) is 0 Å². The molecule has 0 spiro atoms. The molecule has 0 unspecified atom stereocenters. The van der Waals surface area contributed by atoms with E-state index < -0.39 is 0 Å². The third-order valence-corrected chi connectivity index (χ3v) is 3.37. The molecule has 2 rings (SSSR count). The van der Waals surface area contributed by atoms with E-state index in [1.54, 1.807) is 0 Å². The lowest BCUT2D eigenvalue weighted by atomic mass is 10.1. The molecule has 0 saturated carbocycles. The van der Waals surface area contributed by atoms with Gasteiger partial charge in [0.1, 0.15) is 0 Å². The van der Waals surface area contributed by atoms with Crippen LogP contribution >= 0.6 is 0 Å². The van der Waals surface area contributed by atoms with Gasteiger partial charge in [0.15, 0.2) is 0 Å². The number of aryl methyl sites for hydroxylation is 2. The minimum Gasteiger partial charge on any atom is -0.396 e. The molecule has 0 fully saturated rings. The van der Waals surface area contributed by atoms with E-state index in [1.807, 2.05) is 24.0 Å². The van der Waals surface area contributed by atoms with Crippen LogP contribution in [-0.4, -0.2) is 21.5 Å². The highest BCUT2D eigenvalue weighted by molar-refractivity contribution is 5.46. The fourth-order valence-electron chi connectivity index (χ4n) is 2.03. The van der Waals surface area contributed by atoms with Gasteiger partial charge < -0.3 is 10.4 Å². The number of rotatable bonds is 6. The Labute approximate surface area is 114 Å². The second-order valence-corrected chi connectivity index (χ2v) is 4.76. The number of aromatic nitrogens is 2. The molecule has 0 aliphatic rings. The Kier molecular flexibility index (Phi) is 4.58. The predicted octanol–water partition coefficient (Wildman–Crippen LogP) is 2.27.